The second kappa shape index (κ2) is 9.62. The lowest BCUT2D eigenvalue weighted by atomic mass is 10.1. The SMILES string of the molecule is Cc1c(C(=O)N[C@@H]2CCC[C@H]2NC(=O)c2cnc(Cc3ccc(F)cc3)s2)oc2c(C)cccc12. The van der Waals surface area contributed by atoms with E-state index in [-0.39, 0.29) is 29.7 Å². The maximum absolute atomic E-state index is 13.1. The predicted molar refractivity (Wildman–Crippen MR) is 133 cm³/mol. The van der Waals surface area contributed by atoms with E-state index in [1.54, 1.807) is 18.3 Å². The van der Waals surface area contributed by atoms with Crippen molar-refractivity contribution in [2.24, 2.45) is 0 Å². The van der Waals surface area contributed by atoms with Crippen molar-refractivity contribution in [1.29, 1.82) is 0 Å². The molecule has 2 amide bonds. The van der Waals surface area contributed by atoms with Gasteiger partial charge in [0.25, 0.3) is 11.8 Å². The zero-order valence-corrected chi connectivity index (χ0v) is 20.4. The number of amides is 2. The van der Waals surface area contributed by atoms with Crippen LogP contribution < -0.4 is 10.6 Å². The molecule has 8 heteroatoms. The Morgan fingerprint density at radius 1 is 1.06 bits per heavy atom. The van der Waals surface area contributed by atoms with Gasteiger partial charge in [-0.05, 0) is 56.4 Å². The number of benzene rings is 2. The van der Waals surface area contributed by atoms with Gasteiger partial charge < -0.3 is 15.1 Å². The number of carbonyl (C=O) groups is 2. The van der Waals surface area contributed by atoms with Gasteiger partial charge >= 0.3 is 0 Å². The average Bonchev–Trinajstić information content (AvgIpc) is 3.56. The lowest BCUT2D eigenvalue weighted by molar-refractivity contribution is 0.0877. The van der Waals surface area contributed by atoms with Crippen molar-refractivity contribution in [3.63, 3.8) is 0 Å². The van der Waals surface area contributed by atoms with Gasteiger partial charge in [-0.2, -0.15) is 0 Å². The van der Waals surface area contributed by atoms with E-state index >= 15 is 0 Å². The molecule has 2 atom stereocenters. The van der Waals surface area contributed by atoms with Gasteiger partial charge in [0.1, 0.15) is 16.3 Å². The van der Waals surface area contributed by atoms with E-state index in [2.05, 4.69) is 15.6 Å². The number of hydrogen-bond donors (Lipinski definition) is 2. The molecule has 2 heterocycles. The molecule has 0 saturated heterocycles. The van der Waals surface area contributed by atoms with E-state index in [9.17, 15) is 14.0 Å². The van der Waals surface area contributed by atoms with Crippen molar-refractivity contribution in [1.82, 2.24) is 15.6 Å². The predicted octanol–water partition coefficient (Wildman–Crippen LogP) is 5.32. The highest BCUT2D eigenvalue weighted by Gasteiger charge is 2.32. The van der Waals surface area contributed by atoms with Gasteiger partial charge in [-0.3, -0.25) is 9.59 Å². The van der Waals surface area contributed by atoms with E-state index < -0.39 is 0 Å². The molecule has 4 aromatic rings. The minimum absolute atomic E-state index is 0.166. The molecule has 0 bridgehead atoms. The lowest BCUT2D eigenvalue weighted by Crippen LogP contribution is -2.48. The first-order valence-corrected chi connectivity index (χ1v) is 12.5. The number of carbonyl (C=O) groups excluding carboxylic acids is 2. The number of fused-ring (bicyclic) bond motifs is 1. The minimum atomic E-state index is -0.281. The molecule has 1 aliphatic carbocycles. The highest BCUT2D eigenvalue weighted by molar-refractivity contribution is 7.13. The van der Waals surface area contributed by atoms with E-state index in [1.807, 2.05) is 32.0 Å². The number of halogens is 1. The molecule has 2 aromatic heterocycles. The number of thiazole rings is 1. The molecule has 0 spiro atoms. The van der Waals surface area contributed by atoms with Gasteiger partial charge in [0.05, 0.1) is 11.2 Å². The van der Waals surface area contributed by atoms with Crippen LogP contribution >= 0.6 is 11.3 Å². The Kier molecular flexibility index (Phi) is 6.38. The molecule has 1 fully saturated rings. The van der Waals surface area contributed by atoms with Crippen LogP contribution in [0, 0.1) is 19.7 Å². The summed E-state index contributed by atoms with van der Waals surface area (Å²) in [5, 5.41) is 7.87. The Balaban J connectivity index is 1.23. The highest BCUT2D eigenvalue weighted by Crippen LogP contribution is 2.28. The third-order valence-corrected chi connectivity index (χ3v) is 7.56. The molecule has 1 saturated carbocycles. The number of hydrogen-bond acceptors (Lipinski definition) is 5. The number of nitrogens with zero attached hydrogens (tertiary/aromatic N) is 1. The first kappa shape index (κ1) is 23.2. The molecule has 1 aliphatic rings. The van der Waals surface area contributed by atoms with Gasteiger partial charge in [0.15, 0.2) is 5.76 Å². The summed E-state index contributed by atoms with van der Waals surface area (Å²) in [5.74, 6) is -0.422. The van der Waals surface area contributed by atoms with Crippen molar-refractivity contribution >= 4 is 34.1 Å². The van der Waals surface area contributed by atoms with Crippen LogP contribution in [0.4, 0.5) is 4.39 Å². The second-order valence-electron chi connectivity index (χ2n) is 9.02. The molecular weight excluding hydrogens is 465 g/mol. The number of furan rings is 1. The van der Waals surface area contributed by atoms with Crippen LogP contribution in [0.2, 0.25) is 0 Å². The van der Waals surface area contributed by atoms with Crippen molar-refractivity contribution in [2.75, 3.05) is 0 Å². The van der Waals surface area contributed by atoms with Gasteiger partial charge in [-0.1, -0.05) is 30.3 Å². The molecule has 2 aromatic carbocycles. The van der Waals surface area contributed by atoms with Crippen LogP contribution in [-0.4, -0.2) is 28.9 Å². The van der Waals surface area contributed by atoms with Crippen LogP contribution in [-0.2, 0) is 6.42 Å². The Bertz CT molecular complexity index is 1390. The molecule has 180 valence electrons. The van der Waals surface area contributed by atoms with E-state index in [1.165, 1.54) is 23.5 Å². The summed E-state index contributed by atoms with van der Waals surface area (Å²) in [6, 6.07) is 11.8. The Hall–Kier alpha value is -3.52. The van der Waals surface area contributed by atoms with Gasteiger partial charge in [-0.25, -0.2) is 9.37 Å². The Morgan fingerprint density at radius 3 is 2.49 bits per heavy atom. The average molecular weight is 492 g/mol. The standard InChI is InChI=1S/C27H26FN3O3S/c1-15-5-3-6-19-16(2)25(34-24(15)19)27(33)31-21-8-4-7-20(21)30-26(32)22-14-29-23(35-22)13-17-9-11-18(28)12-10-17/h3,5-6,9-12,14,20-21H,4,7-8,13H2,1-2H3,(H,30,32)(H,31,33)/t20-,21-/m1/s1. The van der Waals surface area contributed by atoms with Gasteiger partial charge in [0, 0.05) is 29.5 Å². The van der Waals surface area contributed by atoms with Crippen molar-refractivity contribution in [2.45, 2.75) is 51.6 Å². The summed E-state index contributed by atoms with van der Waals surface area (Å²) in [7, 11) is 0. The minimum Gasteiger partial charge on any atom is -0.450 e. The fraction of sp³-hybridized carbons (Fsp3) is 0.296. The highest BCUT2D eigenvalue weighted by atomic mass is 32.1. The number of nitrogens with one attached hydrogen (secondary N) is 2. The first-order valence-electron chi connectivity index (χ1n) is 11.7. The molecular formula is C27H26FN3O3S. The third kappa shape index (κ3) is 4.84. The van der Waals surface area contributed by atoms with Gasteiger partial charge in [0.2, 0.25) is 0 Å². The van der Waals surface area contributed by atoms with Gasteiger partial charge in [-0.15, -0.1) is 11.3 Å². The first-order chi connectivity index (χ1) is 16.9. The monoisotopic (exact) mass is 491 g/mol. The summed E-state index contributed by atoms with van der Waals surface area (Å²) >= 11 is 1.32. The maximum Gasteiger partial charge on any atom is 0.287 e. The molecule has 5 rings (SSSR count). The summed E-state index contributed by atoms with van der Waals surface area (Å²) in [5.41, 5.74) is 3.47. The molecule has 35 heavy (non-hydrogen) atoms. The smallest absolute Gasteiger partial charge is 0.287 e. The van der Waals surface area contributed by atoms with Crippen molar-refractivity contribution < 1.29 is 18.4 Å². The zero-order chi connectivity index (χ0) is 24.5. The molecule has 6 nitrogen and oxygen atoms in total. The van der Waals surface area contributed by atoms with Crippen LogP contribution in [0.3, 0.4) is 0 Å². The summed E-state index contributed by atoms with van der Waals surface area (Å²) < 4.78 is 19.0. The molecule has 0 unspecified atom stereocenters. The summed E-state index contributed by atoms with van der Waals surface area (Å²) in [4.78, 5) is 30.8. The third-order valence-electron chi connectivity index (χ3n) is 6.56. The van der Waals surface area contributed by atoms with E-state index in [4.69, 9.17) is 4.42 Å². The molecule has 0 radical (unpaired) electrons. The second-order valence-corrected chi connectivity index (χ2v) is 10.1. The fourth-order valence-electron chi connectivity index (χ4n) is 4.65. The van der Waals surface area contributed by atoms with E-state index in [0.717, 1.165) is 51.9 Å². The normalized spacial score (nSPS) is 17.6. The van der Waals surface area contributed by atoms with Crippen LogP contribution in [0.15, 0.2) is 53.1 Å². The number of rotatable bonds is 6. The number of aromatic nitrogens is 1. The number of aryl methyl sites for hydroxylation is 2. The Morgan fingerprint density at radius 2 is 1.77 bits per heavy atom. The quantitative estimate of drug-likeness (QED) is 0.383. The lowest BCUT2D eigenvalue weighted by Gasteiger charge is -2.21. The topological polar surface area (TPSA) is 84.2 Å². The largest absolute Gasteiger partial charge is 0.450 e. The van der Waals surface area contributed by atoms with E-state index in [0.29, 0.717) is 17.1 Å². The molecule has 2 N–H and O–H groups in total. The maximum atomic E-state index is 13.1. The number of para-hydroxylation sites is 1. The summed E-state index contributed by atoms with van der Waals surface area (Å²) in [6.07, 6.45) is 4.59. The van der Waals surface area contributed by atoms with Crippen LogP contribution in [0.5, 0.6) is 0 Å². The molecule has 0 aliphatic heterocycles. The Labute approximate surface area is 206 Å². The zero-order valence-electron chi connectivity index (χ0n) is 19.6. The van der Waals surface area contributed by atoms with Crippen molar-refractivity contribution in [3.8, 4) is 0 Å². The van der Waals surface area contributed by atoms with Crippen LogP contribution in [0.25, 0.3) is 11.0 Å². The summed E-state index contributed by atoms with van der Waals surface area (Å²) in [6.45, 7) is 3.85. The fourth-order valence-corrected chi connectivity index (χ4v) is 5.51. The van der Waals surface area contributed by atoms with Crippen molar-refractivity contribution in [3.05, 3.63) is 86.8 Å². The van der Waals surface area contributed by atoms with Crippen LogP contribution in [0.1, 0.15) is 61.2 Å².